The first kappa shape index (κ1) is 19.1. The van der Waals surface area contributed by atoms with Crippen molar-refractivity contribution in [3.8, 4) is 0 Å². The highest BCUT2D eigenvalue weighted by molar-refractivity contribution is 5.91. The average Bonchev–Trinajstić information content (AvgIpc) is 3.21. The third-order valence-corrected chi connectivity index (χ3v) is 6.46. The second-order valence-electron chi connectivity index (χ2n) is 8.32. The first-order valence-electron chi connectivity index (χ1n) is 10.5. The molecule has 1 saturated heterocycles. The number of hydrogen-bond donors (Lipinski definition) is 1. The Balaban J connectivity index is 1.15. The monoisotopic (exact) mass is 381 g/mol. The fourth-order valence-corrected chi connectivity index (χ4v) is 4.41. The molecule has 1 saturated carbocycles. The van der Waals surface area contributed by atoms with Gasteiger partial charge in [0, 0.05) is 37.9 Å². The topological polar surface area (TPSA) is 48.7 Å². The second-order valence-corrected chi connectivity index (χ2v) is 8.32. The molecule has 28 heavy (non-hydrogen) atoms. The van der Waals surface area contributed by atoms with Crippen LogP contribution in [0.1, 0.15) is 40.9 Å². The van der Waals surface area contributed by atoms with Crippen LogP contribution in [0.5, 0.6) is 0 Å². The van der Waals surface area contributed by atoms with Gasteiger partial charge < -0.3 is 14.6 Å². The minimum absolute atomic E-state index is 0.0870. The summed E-state index contributed by atoms with van der Waals surface area (Å²) in [6.07, 6.45) is 4.96. The average molecular weight is 382 g/mol. The van der Waals surface area contributed by atoms with Crippen molar-refractivity contribution in [2.45, 2.75) is 39.2 Å². The van der Waals surface area contributed by atoms with Crippen molar-refractivity contribution in [2.75, 3.05) is 37.6 Å². The minimum Gasteiger partial charge on any atom is -0.459 e. The second kappa shape index (κ2) is 8.39. The van der Waals surface area contributed by atoms with Gasteiger partial charge in [0.15, 0.2) is 5.76 Å². The SMILES string of the molecule is Cc1cccc(N2CCN(CCC3CC(NC(=O)c4ccco4)C3)CC2)c1C. The summed E-state index contributed by atoms with van der Waals surface area (Å²) in [7, 11) is 0. The van der Waals surface area contributed by atoms with Crippen LogP contribution in [0.3, 0.4) is 0 Å². The lowest BCUT2D eigenvalue weighted by Gasteiger charge is -2.40. The Labute approximate surface area is 167 Å². The van der Waals surface area contributed by atoms with E-state index in [9.17, 15) is 4.79 Å². The van der Waals surface area contributed by atoms with Crippen molar-refractivity contribution in [1.29, 1.82) is 0 Å². The molecule has 4 rings (SSSR count). The van der Waals surface area contributed by atoms with E-state index >= 15 is 0 Å². The molecule has 5 nitrogen and oxygen atoms in total. The Morgan fingerprint density at radius 3 is 2.61 bits per heavy atom. The molecule has 0 unspecified atom stereocenters. The predicted octanol–water partition coefficient (Wildman–Crippen LogP) is 3.62. The molecule has 1 N–H and O–H groups in total. The van der Waals surface area contributed by atoms with Crippen LogP contribution in [0.15, 0.2) is 41.0 Å². The van der Waals surface area contributed by atoms with Crippen LogP contribution < -0.4 is 10.2 Å². The highest BCUT2D eigenvalue weighted by Crippen LogP contribution is 2.31. The zero-order valence-corrected chi connectivity index (χ0v) is 17.0. The van der Waals surface area contributed by atoms with Crippen LogP contribution in [0.2, 0.25) is 0 Å². The number of amides is 1. The van der Waals surface area contributed by atoms with Crippen molar-refractivity contribution < 1.29 is 9.21 Å². The molecule has 1 aliphatic heterocycles. The van der Waals surface area contributed by atoms with Gasteiger partial charge >= 0.3 is 0 Å². The van der Waals surface area contributed by atoms with Crippen LogP contribution in [-0.4, -0.2) is 49.6 Å². The molecule has 0 atom stereocenters. The number of furan rings is 1. The van der Waals surface area contributed by atoms with Gasteiger partial charge in [-0.2, -0.15) is 0 Å². The minimum atomic E-state index is -0.0870. The van der Waals surface area contributed by atoms with Crippen LogP contribution in [-0.2, 0) is 0 Å². The summed E-state index contributed by atoms with van der Waals surface area (Å²) < 4.78 is 5.15. The molecule has 1 aromatic carbocycles. The quantitative estimate of drug-likeness (QED) is 0.830. The maximum Gasteiger partial charge on any atom is 0.287 e. The highest BCUT2D eigenvalue weighted by Gasteiger charge is 2.31. The molecule has 150 valence electrons. The fourth-order valence-electron chi connectivity index (χ4n) is 4.41. The standard InChI is InChI=1S/C23H31N3O2/c1-17-5-3-6-21(18(17)2)26-12-10-25(11-13-26)9-8-19-15-20(16-19)24-23(27)22-7-4-14-28-22/h3-7,14,19-20H,8-13,15-16H2,1-2H3,(H,24,27). The summed E-state index contributed by atoms with van der Waals surface area (Å²) in [4.78, 5) is 17.1. The van der Waals surface area contributed by atoms with Crippen molar-refractivity contribution in [2.24, 2.45) is 5.92 Å². The van der Waals surface area contributed by atoms with Crippen molar-refractivity contribution >= 4 is 11.6 Å². The number of anilines is 1. The fraction of sp³-hybridized carbons (Fsp3) is 0.522. The number of nitrogens with zero attached hydrogens (tertiary/aromatic N) is 2. The lowest BCUT2D eigenvalue weighted by molar-refractivity contribution is 0.0849. The molecule has 1 aliphatic carbocycles. The molecule has 2 aliphatic rings. The molecule has 1 amide bonds. The Kier molecular flexibility index (Phi) is 5.72. The molecule has 1 aromatic heterocycles. The van der Waals surface area contributed by atoms with Gasteiger partial charge in [-0.05, 0) is 74.9 Å². The lowest BCUT2D eigenvalue weighted by Crippen LogP contribution is -2.48. The number of carbonyl (C=O) groups is 1. The molecule has 2 aromatic rings. The normalized spacial score (nSPS) is 22.7. The predicted molar refractivity (Wildman–Crippen MR) is 112 cm³/mol. The van der Waals surface area contributed by atoms with Gasteiger partial charge in [-0.15, -0.1) is 0 Å². The maximum atomic E-state index is 12.0. The third-order valence-electron chi connectivity index (χ3n) is 6.46. The van der Waals surface area contributed by atoms with Gasteiger partial charge in [0.1, 0.15) is 0 Å². The van der Waals surface area contributed by atoms with E-state index < -0.39 is 0 Å². The Hall–Kier alpha value is -2.27. The molecule has 0 bridgehead atoms. The van der Waals surface area contributed by atoms with Gasteiger partial charge in [0.25, 0.3) is 5.91 Å². The van der Waals surface area contributed by atoms with Crippen LogP contribution >= 0.6 is 0 Å². The number of benzene rings is 1. The van der Waals surface area contributed by atoms with E-state index in [1.54, 1.807) is 18.4 Å². The van der Waals surface area contributed by atoms with Gasteiger partial charge in [-0.25, -0.2) is 0 Å². The summed E-state index contributed by atoms with van der Waals surface area (Å²) >= 11 is 0. The molecule has 2 heterocycles. The zero-order valence-electron chi connectivity index (χ0n) is 17.0. The number of aryl methyl sites for hydroxylation is 1. The van der Waals surface area contributed by atoms with Gasteiger partial charge in [-0.1, -0.05) is 12.1 Å². The first-order chi connectivity index (χ1) is 13.6. The molecule has 2 fully saturated rings. The Morgan fingerprint density at radius 2 is 1.89 bits per heavy atom. The Morgan fingerprint density at radius 1 is 1.11 bits per heavy atom. The van der Waals surface area contributed by atoms with E-state index in [4.69, 9.17) is 4.42 Å². The van der Waals surface area contributed by atoms with Crippen LogP contribution in [0.4, 0.5) is 5.69 Å². The van der Waals surface area contributed by atoms with E-state index in [2.05, 4.69) is 47.2 Å². The van der Waals surface area contributed by atoms with Gasteiger partial charge in [0.05, 0.1) is 6.26 Å². The molecule has 5 heteroatoms. The van der Waals surface area contributed by atoms with Crippen LogP contribution in [0, 0.1) is 19.8 Å². The van der Waals surface area contributed by atoms with E-state index in [-0.39, 0.29) is 5.91 Å². The van der Waals surface area contributed by atoms with Crippen LogP contribution in [0.25, 0.3) is 0 Å². The zero-order chi connectivity index (χ0) is 19.5. The summed E-state index contributed by atoms with van der Waals surface area (Å²) in [6, 6.07) is 10.4. The largest absolute Gasteiger partial charge is 0.459 e. The summed E-state index contributed by atoms with van der Waals surface area (Å²) in [6.45, 7) is 10.1. The number of rotatable bonds is 6. The third kappa shape index (κ3) is 4.25. The van der Waals surface area contributed by atoms with Crippen molar-refractivity contribution in [3.05, 3.63) is 53.5 Å². The van der Waals surface area contributed by atoms with E-state index in [1.165, 1.54) is 29.8 Å². The van der Waals surface area contributed by atoms with E-state index in [1.807, 2.05) is 0 Å². The molecular formula is C23H31N3O2. The summed E-state index contributed by atoms with van der Waals surface area (Å²) in [5.41, 5.74) is 4.18. The maximum absolute atomic E-state index is 12.0. The number of piperazine rings is 1. The number of nitrogens with one attached hydrogen (secondary N) is 1. The summed E-state index contributed by atoms with van der Waals surface area (Å²) in [5.74, 6) is 1.06. The molecular weight excluding hydrogens is 350 g/mol. The first-order valence-corrected chi connectivity index (χ1v) is 10.5. The molecule has 0 spiro atoms. The van der Waals surface area contributed by atoms with Crippen molar-refractivity contribution in [3.63, 3.8) is 0 Å². The van der Waals surface area contributed by atoms with Gasteiger partial charge in [-0.3, -0.25) is 9.69 Å². The van der Waals surface area contributed by atoms with Crippen molar-refractivity contribution in [1.82, 2.24) is 10.2 Å². The molecule has 0 radical (unpaired) electrons. The lowest BCUT2D eigenvalue weighted by atomic mass is 9.78. The number of hydrogen-bond acceptors (Lipinski definition) is 4. The Bertz CT molecular complexity index is 788. The highest BCUT2D eigenvalue weighted by atomic mass is 16.3. The number of carbonyl (C=O) groups excluding carboxylic acids is 1. The van der Waals surface area contributed by atoms with Gasteiger partial charge in [0.2, 0.25) is 0 Å². The summed E-state index contributed by atoms with van der Waals surface area (Å²) in [5, 5.41) is 3.07. The smallest absolute Gasteiger partial charge is 0.287 e. The van der Waals surface area contributed by atoms with E-state index in [0.717, 1.165) is 44.9 Å². The van der Waals surface area contributed by atoms with E-state index in [0.29, 0.717) is 11.8 Å².